The molecular weight excluding hydrogens is 316 g/mol. The average Bonchev–Trinajstić information content (AvgIpc) is 2.94. The third-order valence-electron chi connectivity index (χ3n) is 9.84. The van der Waals surface area contributed by atoms with Crippen LogP contribution in [0.3, 0.4) is 0 Å². The van der Waals surface area contributed by atoms with Gasteiger partial charge in [-0.3, -0.25) is 0 Å². The molecule has 4 heteroatoms. The summed E-state index contributed by atoms with van der Waals surface area (Å²) in [5, 5.41) is 10.6. The van der Waals surface area contributed by atoms with Gasteiger partial charge < -0.3 is 19.3 Å². The SMILES string of the molecule is C[C@]12CC[C@H]3[C@@H](C[C@@H]4O[C@@]45CC4(CC[C@]35C)OCCO4)[C@@H]1CC[C@@H]2O. The molecule has 2 heterocycles. The Morgan fingerprint density at radius 2 is 1.72 bits per heavy atom. The van der Waals surface area contributed by atoms with Gasteiger partial charge in [0.05, 0.1) is 25.4 Å². The maximum absolute atomic E-state index is 10.6. The maximum atomic E-state index is 10.6. The van der Waals surface area contributed by atoms with E-state index in [4.69, 9.17) is 14.2 Å². The molecule has 140 valence electrons. The van der Waals surface area contributed by atoms with Crippen molar-refractivity contribution in [1.29, 1.82) is 0 Å². The summed E-state index contributed by atoms with van der Waals surface area (Å²) in [4.78, 5) is 0. The Morgan fingerprint density at radius 1 is 0.920 bits per heavy atom. The van der Waals surface area contributed by atoms with Gasteiger partial charge in [-0.15, -0.1) is 0 Å². The average molecular weight is 348 g/mol. The Labute approximate surface area is 150 Å². The Hall–Kier alpha value is -0.160. The van der Waals surface area contributed by atoms with Gasteiger partial charge in [-0.25, -0.2) is 0 Å². The molecule has 4 aliphatic carbocycles. The molecule has 0 amide bonds. The van der Waals surface area contributed by atoms with Crippen LogP contribution in [0.2, 0.25) is 0 Å². The Bertz CT molecular complexity index is 601. The van der Waals surface area contributed by atoms with E-state index >= 15 is 0 Å². The first kappa shape index (κ1) is 15.9. The van der Waals surface area contributed by atoms with E-state index in [1.807, 2.05) is 0 Å². The van der Waals surface area contributed by atoms with Gasteiger partial charge >= 0.3 is 0 Å². The number of aliphatic hydroxyl groups excluding tert-OH is 1. The quantitative estimate of drug-likeness (QED) is 0.683. The van der Waals surface area contributed by atoms with Crippen LogP contribution in [0, 0.1) is 28.6 Å². The van der Waals surface area contributed by atoms with Gasteiger partial charge in [0.2, 0.25) is 0 Å². The number of hydrogen-bond acceptors (Lipinski definition) is 4. The fourth-order valence-corrected chi connectivity index (χ4v) is 8.34. The molecule has 0 radical (unpaired) electrons. The van der Waals surface area contributed by atoms with Crippen molar-refractivity contribution in [3.05, 3.63) is 0 Å². The summed E-state index contributed by atoms with van der Waals surface area (Å²) < 4.78 is 18.7. The minimum absolute atomic E-state index is 0.00170. The van der Waals surface area contributed by atoms with Crippen LogP contribution in [0.25, 0.3) is 0 Å². The van der Waals surface area contributed by atoms with Crippen LogP contribution in [-0.2, 0) is 14.2 Å². The summed E-state index contributed by atoms with van der Waals surface area (Å²) in [6, 6.07) is 0. The van der Waals surface area contributed by atoms with Crippen LogP contribution in [0.15, 0.2) is 0 Å². The molecule has 0 unspecified atom stereocenters. The minimum Gasteiger partial charge on any atom is -0.393 e. The number of hydrogen-bond donors (Lipinski definition) is 1. The van der Waals surface area contributed by atoms with Gasteiger partial charge in [0, 0.05) is 18.3 Å². The summed E-state index contributed by atoms with van der Waals surface area (Å²) in [7, 11) is 0. The van der Waals surface area contributed by atoms with Crippen molar-refractivity contribution < 1.29 is 19.3 Å². The molecule has 0 aromatic heterocycles. The van der Waals surface area contributed by atoms with Crippen molar-refractivity contribution in [3.63, 3.8) is 0 Å². The summed E-state index contributed by atoms with van der Waals surface area (Å²) >= 11 is 0. The van der Waals surface area contributed by atoms with E-state index in [-0.39, 0.29) is 28.3 Å². The first-order valence-electron chi connectivity index (χ1n) is 10.6. The summed E-state index contributed by atoms with van der Waals surface area (Å²) in [5.74, 6) is 1.82. The Balaban J connectivity index is 1.35. The van der Waals surface area contributed by atoms with Crippen LogP contribution >= 0.6 is 0 Å². The van der Waals surface area contributed by atoms with E-state index in [9.17, 15) is 5.11 Å². The number of ether oxygens (including phenoxy) is 3. The van der Waals surface area contributed by atoms with Gasteiger partial charge in [-0.2, -0.15) is 0 Å². The molecule has 25 heavy (non-hydrogen) atoms. The van der Waals surface area contributed by atoms with E-state index in [0.717, 1.165) is 50.7 Å². The standard InChI is InChI=1S/C21H32O4/c1-18-6-5-15-13(14(18)3-4-16(18)22)11-17-21(25-17)12-20(23-9-10-24-20)8-7-19(15,21)2/h13-17,22H,3-12H2,1-2H3/t13-,14-,15-,16-,17-,18-,19+,21-/m0/s1. The highest BCUT2D eigenvalue weighted by Crippen LogP contribution is 2.74. The van der Waals surface area contributed by atoms with Gasteiger partial charge in [0.15, 0.2) is 5.79 Å². The molecule has 2 spiro atoms. The molecular formula is C21H32O4. The molecule has 8 atom stereocenters. The van der Waals surface area contributed by atoms with E-state index in [1.165, 1.54) is 25.7 Å². The summed E-state index contributed by atoms with van der Waals surface area (Å²) in [6.45, 7) is 6.35. The summed E-state index contributed by atoms with van der Waals surface area (Å²) in [6.07, 6.45) is 9.29. The molecule has 2 aliphatic heterocycles. The topological polar surface area (TPSA) is 51.2 Å². The van der Waals surface area contributed by atoms with Crippen molar-refractivity contribution in [2.45, 2.75) is 88.8 Å². The molecule has 0 bridgehead atoms. The van der Waals surface area contributed by atoms with E-state index in [0.29, 0.717) is 12.0 Å². The maximum Gasteiger partial charge on any atom is 0.171 e. The van der Waals surface area contributed by atoms with Gasteiger partial charge in [-0.1, -0.05) is 13.8 Å². The lowest BCUT2D eigenvalue weighted by molar-refractivity contribution is -0.227. The third kappa shape index (κ3) is 1.74. The highest BCUT2D eigenvalue weighted by molar-refractivity contribution is 5.25. The lowest BCUT2D eigenvalue weighted by Gasteiger charge is -2.59. The highest BCUT2D eigenvalue weighted by atomic mass is 16.7. The molecule has 0 aromatic carbocycles. The predicted octanol–water partition coefficient (Wildman–Crippen LogP) is 3.26. The number of rotatable bonds is 0. The molecule has 6 rings (SSSR count). The van der Waals surface area contributed by atoms with Gasteiger partial charge in [0.25, 0.3) is 0 Å². The van der Waals surface area contributed by atoms with E-state index in [1.54, 1.807) is 0 Å². The number of fused-ring (bicyclic) bond motifs is 4. The van der Waals surface area contributed by atoms with Crippen molar-refractivity contribution >= 4 is 0 Å². The molecule has 6 fully saturated rings. The highest BCUT2D eigenvalue weighted by Gasteiger charge is 2.78. The second-order valence-corrected chi connectivity index (χ2v) is 10.4. The Kier molecular flexibility index (Phi) is 2.93. The molecule has 4 saturated carbocycles. The number of epoxide rings is 1. The minimum atomic E-state index is -0.353. The second kappa shape index (κ2) is 4.63. The molecule has 2 saturated heterocycles. The van der Waals surface area contributed by atoms with Crippen LogP contribution < -0.4 is 0 Å². The normalized spacial score (nSPS) is 61.3. The first-order valence-corrected chi connectivity index (χ1v) is 10.6. The zero-order valence-electron chi connectivity index (χ0n) is 15.6. The van der Waals surface area contributed by atoms with Crippen LogP contribution in [-0.4, -0.2) is 41.9 Å². The van der Waals surface area contributed by atoms with E-state index < -0.39 is 0 Å². The zero-order valence-corrected chi connectivity index (χ0v) is 15.6. The van der Waals surface area contributed by atoms with Crippen LogP contribution in [0.5, 0.6) is 0 Å². The predicted molar refractivity (Wildman–Crippen MR) is 91.9 cm³/mol. The Morgan fingerprint density at radius 3 is 2.52 bits per heavy atom. The first-order chi connectivity index (χ1) is 11.9. The monoisotopic (exact) mass is 348 g/mol. The lowest BCUT2D eigenvalue weighted by atomic mass is 9.44. The fraction of sp³-hybridized carbons (Fsp3) is 1.00. The van der Waals surface area contributed by atoms with Crippen LogP contribution in [0.1, 0.15) is 65.2 Å². The van der Waals surface area contributed by atoms with Crippen molar-refractivity contribution in [3.8, 4) is 0 Å². The van der Waals surface area contributed by atoms with E-state index in [2.05, 4.69) is 13.8 Å². The number of aliphatic hydroxyl groups is 1. The molecule has 4 nitrogen and oxygen atoms in total. The fourth-order valence-electron chi connectivity index (χ4n) is 8.34. The smallest absolute Gasteiger partial charge is 0.171 e. The third-order valence-corrected chi connectivity index (χ3v) is 9.84. The second-order valence-electron chi connectivity index (χ2n) is 10.4. The molecule has 1 N–H and O–H groups in total. The zero-order chi connectivity index (χ0) is 17.1. The van der Waals surface area contributed by atoms with Crippen LogP contribution in [0.4, 0.5) is 0 Å². The largest absolute Gasteiger partial charge is 0.393 e. The summed E-state index contributed by atoms with van der Waals surface area (Å²) in [5.41, 5.74) is 0.414. The lowest BCUT2D eigenvalue weighted by Crippen LogP contribution is -2.61. The van der Waals surface area contributed by atoms with Crippen molar-refractivity contribution in [1.82, 2.24) is 0 Å². The van der Waals surface area contributed by atoms with Gasteiger partial charge in [-0.05, 0) is 61.7 Å². The van der Waals surface area contributed by atoms with Crippen molar-refractivity contribution in [2.24, 2.45) is 28.6 Å². The van der Waals surface area contributed by atoms with Crippen molar-refractivity contribution in [2.75, 3.05) is 13.2 Å². The van der Waals surface area contributed by atoms with Gasteiger partial charge in [0.1, 0.15) is 5.60 Å². The molecule has 0 aromatic rings. The molecule has 6 aliphatic rings.